The fraction of sp³-hybridized carbons (Fsp3) is 0.208. The van der Waals surface area contributed by atoms with E-state index in [2.05, 4.69) is 0 Å². The molecule has 2 amide bonds. The molecule has 4 rings (SSSR count). The maximum atomic E-state index is 13.6. The van der Waals surface area contributed by atoms with Crippen molar-refractivity contribution in [1.29, 1.82) is 0 Å². The minimum Gasteiger partial charge on any atom is -0.287 e. The van der Waals surface area contributed by atoms with Crippen LogP contribution in [0.15, 0.2) is 65.6 Å². The van der Waals surface area contributed by atoms with Crippen molar-refractivity contribution in [3.8, 4) is 0 Å². The van der Waals surface area contributed by atoms with Gasteiger partial charge in [-0.3, -0.25) is 4.90 Å². The van der Waals surface area contributed by atoms with Crippen LogP contribution in [0, 0.1) is 27.7 Å². The molecule has 0 fully saturated rings. The second kappa shape index (κ2) is 7.29. The van der Waals surface area contributed by atoms with Gasteiger partial charge in [-0.05, 0) is 62.6 Å². The molecule has 154 valence electrons. The quantitative estimate of drug-likeness (QED) is 0.581. The van der Waals surface area contributed by atoms with Crippen molar-refractivity contribution in [2.45, 2.75) is 39.1 Å². The maximum Gasteiger partial charge on any atom is 0.343 e. The number of hydrogen-bond donors (Lipinski definition) is 0. The lowest BCUT2D eigenvalue weighted by Gasteiger charge is -2.37. The third kappa shape index (κ3) is 3.27. The average molecular weight is 421 g/mol. The number of urea groups is 1. The standard InChI is InChI=1S/C24H24N2O3S/c1-16-10-12-21(19(4)13-16)26-24(27)25(15-20-14-17(2)9-11-18(20)3)22-7-5-6-8-23(22)30(26,28)29/h5-14H,15H2,1-4H3. The fourth-order valence-corrected chi connectivity index (χ4v) is 5.53. The monoisotopic (exact) mass is 420 g/mol. The summed E-state index contributed by atoms with van der Waals surface area (Å²) in [6, 6.07) is 17.6. The van der Waals surface area contributed by atoms with E-state index < -0.39 is 16.1 Å². The molecule has 0 spiro atoms. The molecule has 0 atom stereocenters. The lowest BCUT2D eigenvalue weighted by Crippen LogP contribution is -2.51. The number of amides is 2. The van der Waals surface area contributed by atoms with Gasteiger partial charge in [0, 0.05) is 0 Å². The van der Waals surface area contributed by atoms with Crippen LogP contribution in [0.25, 0.3) is 0 Å². The summed E-state index contributed by atoms with van der Waals surface area (Å²) >= 11 is 0. The van der Waals surface area contributed by atoms with Gasteiger partial charge in [-0.2, -0.15) is 4.31 Å². The number of aryl methyl sites for hydroxylation is 4. The molecule has 3 aromatic rings. The van der Waals surface area contributed by atoms with Crippen molar-refractivity contribution in [2.24, 2.45) is 0 Å². The maximum absolute atomic E-state index is 13.6. The molecule has 0 N–H and O–H groups in total. The van der Waals surface area contributed by atoms with E-state index in [1.54, 1.807) is 35.2 Å². The number of rotatable bonds is 3. The van der Waals surface area contributed by atoms with Crippen molar-refractivity contribution in [3.63, 3.8) is 0 Å². The first-order valence-corrected chi connectivity index (χ1v) is 11.2. The molecule has 0 unspecified atom stereocenters. The highest BCUT2D eigenvalue weighted by Crippen LogP contribution is 2.39. The first-order chi connectivity index (χ1) is 14.2. The normalized spacial score (nSPS) is 15.3. The Hall–Kier alpha value is -3.12. The summed E-state index contributed by atoms with van der Waals surface area (Å²) in [6.07, 6.45) is 0. The van der Waals surface area contributed by atoms with E-state index in [-0.39, 0.29) is 4.90 Å². The smallest absolute Gasteiger partial charge is 0.287 e. The van der Waals surface area contributed by atoms with Gasteiger partial charge in [0.2, 0.25) is 0 Å². The van der Waals surface area contributed by atoms with E-state index in [1.165, 1.54) is 0 Å². The summed E-state index contributed by atoms with van der Waals surface area (Å²) in [5.74, 6) is 0. The molecule has 6 heteroatoms. The minimum absolute atomic E-state index is 0.134. The third-order valence-corrected chi connectivity index (χ3v) is 7.22. The number of hydrogen-bond acceptors (Lipinski definition) is 3. The van der Waals surface area contributed by atoms with Crippen LogP contribution in [0.4, 0.5) is 16.2 Å². The molecule has 0 aliphatic carbocycles. The summed E-state index contributed by atoms with van der Waals surface area (Å²) in [5.41, 5.74) is 5.65. The van der Waals surface area contributed by atoms with Crippen LogP contribution in [0.2, 0.25) is 0 Å². The van der Waals surface area contributed by atoms with Crippen molar-refractivity contribution < 1.29 is 13.2 Å². The molecular weight excluding hydrogens is 396 g/mol. The molecule has 1 aliphatic rings. The Labute approximate surface area is 177 Å². The number of anilines is 2. The Morgan fingerprint density at radius 1 is 0.767 bits per heavy atom. The summed E-state index contributed by atoms with van der Waals surface area (Å²) in [6.45, 7) is 8.04. The van der Waals surface area contributed by atoms with E-state index in [0.29, 0.717) is 17.9 Å². The molecule has 1 heterocycles. The molecule has 0 aromatic heterocycles. The second-order valence-electron chi connectivity index (χ2n) is 7.83. The van der Waals surface area contributed by atoms with Gasteiger partial charge >= 0.3 is 6.03 Å². The highest BCUT2D eigenvalue weighted by molar-refractivity contribution is 7.94. The van der Waals surface area contributed by atoms with Crippen LogP contribution in [-0.2, 0) is 16.6 Å². The number of sulfonamides is 1. The predicted octanol–water partition coefficient (Wildman–Crippen LogP) is 5.26. The first kappa shape index (κ1) is 20.2. The zero-order valence-electron chi connectivity index (χ0n) is 17.5. The summed E-state index contributed by atoms with van der Waals surface area (Å²) < 4.78 is 27.8. The Bertz CT molecular complexity index is 1270. The fourth-order valence-electron chi connectivity index (χ4n) is 3.87. The molecule has 0 bridgehead atoms. The van der Waals surface area contributed by atoms with Crippen LogP contribution in [0.1, 0.15) is 27.8 Å². The van der Waals surface area contributed by atoms with Gasteiger partial charge in [0.25, 0.3) is 10.0 Å². The van der Waals surface area contributed by atoms with Crippen LogP contribution in [0.5, 0.6) is 0 Å². The number of fused-ring (bicyclic) bond motifs is 1. The Balaban J connectivity index is 1.90. The summed E-state index contributed by atoms with van der Waals surface area (Å²) in [4.78, 5) is 15.3. The minimum atomic E-state index is -4.02. The number of carbonyl (C=O) groups excluding carboxylic acids is 1. The van der Waals surface area contributed by atoms with Gasteiger partial charge in [-0.1, -0.05) is 53.6 Å². The molecule has 5 nitrogen and oxygen atoms in total. The van der Waals surface area contributed by atoms with Crippen LogP contribution in [0.3, 0.4) is 0 Å². The van der Waals surface area contributed by atoms with Gasteiger partial charge in [0.15, 0.2) is 0 Å². The highest BCUT2D eigenvalue weighted by atomic mass is 32.2. The topological polar surface area (TPSA) is 57.7 Å². The van der Waals surface area contributed by atoms with E-state index in [1.807, 2.05) is 58.0 Å². The zero-order valence-corrected chi connectivity index (χ0v) is 18.3. The van der Waals surface area contributed by atoms with Crippen molar-refractivity contribution >= 4 is 27.4 Å². The molecule has 3 aromatic carbocycles. The van der Waals surface area contributed by atoms with Crippen molar-refractivity contribution in [1.82, 2.24) is 0 Å². The van der Waals surface area contributed by atoms with Gasteiger partial charge in [0.05, 0.1) is 17.9 Å². The van der Waals surface area contributed by atoms with Gasteiger partial charge in [-0.25, -0.2) is 13.2 Å². The van der Waals surface area contributed by atoms with Gasteiger partial charge < -0.3 is 0 Å². The lowest BCUT2D eigenvalue weighted by atomic mass is 10.0. The van der Waals surface area contributed by atoms with Crippen LogP contribution < -0.4 is 9.21 Å². The lowest BCUT2D eigenvalue weighted by molar-refractivity contribution is 0.253. The Morgan fingerprint density at radius 3 is 2.17 bits per heavy atom. The number of para-hydroxylation sites is 1. The van der Waals surface area contributed by atoms with Crippen molar-refractivity contribution in [2.75, 3.05) is 9.21 Å². The summed E-state index contributed by atoms with van der Waals surface area (Å²) in [7, 11) is -4.02. The Kier molecular flexibility index (Phi) is 4.90. The zero-order chi connectivity index (χ0) is 21.6. The highest BCUT2D eigenvalue weighted by Gasteiger charge is 2.43. The largest absolute Gasteiger partial charge is 0.343 e. The van der Waals surface area contributed by atoms with Crippen molar-refractivity contribution in [3.05, 3.63) is 88.5 Å². The van der Waals surface area contributed by atoms with Gasteiger partial charge in [0.1, 0.15) is 4.90 Å². The average Bonchev–Trinajstić information content (AvgIpc) is 2.69. The molecular formula is C24H24N2O3S. The number of carbonyl (C=O) groups is 1. The van der Waals surface area contributed by atoms with Crippen LogP contribution >= 0.6 is 0 Å². The molecule has 0 saturated heterocycles. The Morgan fingerprint density at radius 2 is 1.43 bits per heavy atom. The predicted molar refractivity (Wildman–Crippen MR) is 120 cm³/mol. The van der Waals surface area contributed by atoms with E-state index in [0.717, 1.165) is 32.1 Å². The molecule has 30 heavy (non-hydrogen) atoms. The van der Waals surface area contributed by atoms with E-state index >= 15 is 0 Å². The number of benzene rings is 3. The SMILES string of the molecule is Cc1ccc(N2C(=O)N(Cc3cc(C)ccc3C)c3ccccc3S2(=O)=O)c(C)c1. The summed E-state index contributed by atoms with van der Waals surface area (Å²) in [5, 5.41) is 0. The molecule has 0 radical (unpaired) electrons. The molecule has 0 saturated carbocycles. The third-order valence-electron chi connectivity index (χ3n) is 5.48. The molecule has 1 aliphatic heterocycles. The van der Waals surface area contributed by atoms with E-state index in [9.17, 15) is 13.2 Å². The van der Waals surface area contributed by atoms with Gasteiger partial charge in [-0.15, -0.1) is 0 Å². The first-order valence-electron chi connectivity index (χ1n) is 9.79. The second-order valence-corrected chi connectivity index (χ2v) is 9.58. The number of nitrogens with zero attached hydrogens (tertiary/aromatic N) is 2. The van der Waals surface area contributed by atoms with E-state index in [4.69, 9.17) is 0 Å². The van der Waals surface area contributed by atoms with Crippen LogP contribution in [-0.4, -0.2) is 14.4 Å².